The van der Waals surface area contributed by atoms with Gasteiger partial charge in [0.2, 0.25) is 5.91 Å². The summed E-state index contributed by atoms with van der Waals surface area (Å²) < 4.78 is 11.1. The van der Waals surface area contributed by atoms with E-state index in [2.05, 4.69) is 10.3 Å². The van der Waals surface area contributed by atoms with Gasteiger partial charge in [-0.25, -0.2) is 4.98 Å². The van der Waals surface area contributed by atoms with E-state index in [1.165, 1.54) is 11.3 Å². The zero-order valence-electron chi connectivity index (χ0n) is 13.4. The minimum absolute atomic E-state index is 0. The van der Waals surface area contributed by atoms with E-state index in [9.17, 15) is 4.79 Å². The Bertz CT molecular complexity index is 720. The lowest BCUT2D eigenvalue weighted by atomic mass is 10.1. The molecule has 1 aliphatic rings. The zero-order chi connectivity index (χ0) is 16.4. The third kappa shape index (κ3) is 3.98. The lowest BCUT2D eigenvalue weighted by Crippen LogP contribution is -2.39. The van der Waals surface area contributed by atoms with Crippen molar-refractivity contribution in [2.75, 3.05) is 18.5 Å². The SMILES string of the molecule is CC(C)C(N)C(=O)Nc1nc(-c2ccc3c(c2)OCCO3)cs1.Cl. The maximum atomic E-state index is 12.0. The number of amides is 1. The highest BCUT2D eigenvalue weighted by Gasteiger charge is 2.19. The van der Waals surface area contributed by atoms with Gasteiger partial charge in [-0.3, -0.25) is 4.79 Å². The van der Waals surface area contributed by atoms with E-state index < -0.39 is 6.04 Å². The molecule has 6 nitrogen and oxygen atoms in total. The van der Waals surface area contributed by atoms with Gasteiger partial charge in [-0.1, -0.05) is 13.8 Å². The number of thiazole rings is 1. The first kappa shape index (κ1) is 18.5. The number of halogens is 1. The van der Waals surface area contributed by atoms with Gasteiger partial charge in [-0.15, -0.1) is 23.7 Å². The molecular formula is C16H20ClN3O3S. The third-order valence-corrected chi connectivity index (χ3v) is 4.35. The summed E-state index contributed by atoms with van der Waals surface area (Å²) >= 11 is 1.37. The number of aromatic nitrogens is 1. The largest absolute Gasteiger partial charge is 0.486 e. The molecule has 1 atom stereocenters. The monoisotopic (exact) mass is 369 g/mol. The first-order chi connectivity index (χ1) is 11.0. The molecule has 1 aliphatic heterocycles. The number of benzene rings is 1. The zero-order valence-corrected chi connectivity index (χ0v) is 15.1. The van der Waals surface area contributed by atoms with E-state index in [-0.39, 0.29) is 24.2 Å². The molecule has 0 saturated carbocycles. The van der Waals surface area contributed by atoms with Crippen LogP contribution in [0.5, 0.6) is 11.5 Å². The fourth-order valence-electron chi connectivity index (χ4n) is 2.16. The van der Waals surface area contributed by atoms with Crippen LogP contribution in [0.25, 0.3) is 11.3 Å². The number of fused-ring (bicyclic) bond motifs is 1. The van der Waals surface area contributed by atoms with Crippen molar-refractivity contribution in [2.45, 2.75) is 19.9 Å². The van der Waals surface area contributed by atoms with Gasteiger partial charge in [0.25, 0.3) is 0 Å². The molecule has 2 aromatic rings. The summed E-state index contributed by atoms with van der Waals surface area (Å²) in [5.41, 5.74) is 7.53. The number of hydrogen-bond donors (Lipinski definition) is 2. The molecule has 3 rings (SSSR count). The van der Waals surface area contributed by atoms with Crippen molar-refractivity contribution in [3.8, 4) is 22.8 Å². The molecule has 1 amide bonds. The Hall–Kier alpha value is -1.83. The molecular weight excluding hydrogens is 350 g/mol. The van der Waals surface area contributed by atoms with Crippen molar-refractivity contribution < 1.29 is 14.3 Å². The number of nitrogens with one attached hydrogen (secondary N) is 1. The van der Waals surface area contributed by atoms with E-state index in [0.717, 1.165) is 17.0 Å². The van der Waals surface area contributed by atoms with Crippen molar-refractivity contribution in [2.24, 2.45) is 11.7 Å². The van der Waals surface area contributed by atoms with Gasteiger partial charge in [0.1, 0.15) is 13.2 Å². The molecule has 3 N–H and O–H groups in total. The molecule has 1 aromatic carbocycles. The molecule has 0 fully saturated rings. The summed E-state index contributed by atoms with van der Waals surface area (Å²) in [6.45, 7) is 4.93. The van der Waals surface area contributed by atoms with Gasteiger partial charge >= 0.3 is 0 Å². The third-order valence-electron chi connectivity index (χ3n) is 3.59. The van der Waals surface area contributed by atoms with Crippen LogP contribution >= 0.6 is 23.7 Å². The molecule has 0 bridgehead atoms. The Labute approximate surface area is 150 Å². The average Bonchev–Trinajstić information content (AvgIpc) is 3.02. The minimum Gasteiger partial charge on any atom is -0.486 e. The van der Waals surface area contributed by atoms with Gasteiger partial charge in [0, 0.05) is 10.9 Å². The molecule has 0 radical (unpaired) electrons. The minimum atomic E-state index is -0.545. The summed E-state index contributed by atoms with van der Waals surface area (Å²) in [5, 5.41) is 5.19. The van der Waals surface area contributed by atoms with Crippen LogP contribution in [0.15, 0.2) is 23.6 Å². The average molecular weight is 370 g/mol. The number of rotatable bonds is 4. The predicted molar refractivity (Wildman–Crippen MR) is 97.2 cm³/mol. The first-order valence-electron chi connectivity index (χ1n) is 7.46. The van der Waals surface area contributed by atoms with Gasteiger partial charge in [-0.2, -0.15) is 0 Å². The number of hydrogen-bond acceptors (Lipinski definition) is 6. The number of carbonyl (C=O) groups is 1. The highest BCUT2D eigenvalue weighted by Crippen LogP contribution is 2.35. The van der Waals surface area contributed by atoms with E-state index in [4.69, 9.17) is 15.2 Å². The summed E-state index contributed by atoms with van der Waals surface area (Å²) in [6, 6.07) is 5.15. The molecule has 1 unspecified atom stereocenters. The summed E-state index contributed by atoms with van der Waals surface area (Å²) in [7, 11) is 0. The normalized spacial score (nSPS) is 14.0. The molecule has 0 aliphatic carbocycles. The smallest absolute Gasteiger partial charge is 0.243 e. The molecule has 2 heterocycles. The van der Waals surface area contributed by atoms with Crippen LogP contribution < -0.4 is 20.5 Å². The van der Waals surface area contributed by atoms with Crippen LogP contribution in [0.1, 0.15) is 13.8 Å². The standard InChI is InChI=1S/C16H19N3O3S.ClH/c1-9(2)14(17)15(20)19-16-18-11(8-23-16)10-3-4-12-13(7-10)22-6-5-21-12;/h3-4,7-9,14H,5-6,17H2,1-2H3,(H,18,19,20);1H. The topological polar surface area (TPSA) is 86.5 Å². The maximum Gasteiger partial charge on any atom is 0.243 e. The van der Waals surface area contributed by atoms with Crippen LogP contribution in [0, 0.1) is 5.92 Å². The highest BCUT2D eigenvalue weighted by molar-refractivity contribution is 7.14. The van der Waals surface area contributed by atoms with Crippen LogP contribution in [0.2, 0.25) is 0 Å². The number of carbonyl (C=O) groups excluding carboxylic acids is 1. The van der Waals surface area contributed by atoms with Crippen LogP contribution in [-0.2, 0) is 4.79 Å². The highest BCUT2D eigenvalue weighted by atomic mass is 35.5. The van der Waals surface area contributed by atoms with E-state index >= 15 is 0 Å². The van der Waals surface area contributed by atoms with Crippen molar-refractivity contribution in [3.63, 3.8) is 0 Å². The van der Waals surface area contributed by atoms with Crippen molar-refractivity contribution in [1.82, 2.24) is 4.98 Å². The number of nitrogens with two attached hydrogens (primary N) is 1. The molecule has 1 aromatic heterocycles. The van der Waals surface area contributed by atoms with Crippen LogP contribution in [0.4, 0.5) is 5.13 Å². The van der Waals surface area contributed by atoms with Gasteiger partial charge in [-0.05, 0) is 24.1 Å². The van der Waals surface area contributed by atoms with E-state index in [0.29, 0.717) is 24.1 Å². The fourth-order valence-corrected chi connectivity index (χ4v) is 2.88. The Morgan fingerprint density at radius 3 is 2.71 bits per heavy atom. The molecule has 0 spiro atoms. The van der Waals surface area contributed by atoms with Crippen molar-refractivity contribution >= 4 is 34.8 Å². The fraction of sp³-hybridized carbons (Fsp3) is 0.375. The summed E-state index contributed by atoms with van der Waals surface area (Å²) in [5.74, 6) is 1.32. The number of ether oxygens (including phenoxy) is 2. The van der Waals surface area contributed by atoms with Crippen molar-refractivity contribution in [1.29, 1.82) is 0 Å². The summed E-state index contributed by atoms with van der Waals surface area (Å²) in [4.78, 5) is 16.4. The van der Waals surface area contributed by atoms with Crippen LogP contribution in [0.3, 0.4) is 0 Å². The first-order valence-corrected chi connectivity index (χ1v) is 8.34. The molecule has 0 saturated heterocycles. The number of nitrogens with zero attached hydrogens (tertiary/aromatic N) is 1. The van der Waals surface area contributed by atoms with E-state index in [1.807, 2.05) is 37.4 Å². The molecule has 8 heteroatoms. The van der Waals surface area contributed by atoms with E-state index in [1.54, 1.807) is 0 Å². The van der Waals surface area contributed by atoms with Gasteiger partial charge in [0.05, 0.1) is 11.7 Å². The Morgan fingerprint density at radius 1 is 1.29 bits per heavy atom. The molecule has 130 valence electrons. The Balaban J connectivity index is 0.00000208. The summed E-state index contributed by atoms with van der Waals surface area (Å²) in [6.07, 6.45) is 0. The quantitative estimate of drug-likeness (QED) is 0.865. The Morgan fingerprint density at radius 2 is 2.00 bits per heavy atom. The van der Waals surface area contributed by atoms with Crippen LogP contribution in [-0.4, -0.2) is 30.1 Å². The number of anilines is 1. The predicted octanol–water partition coefficient (Wildman–Crippen LogP) is 2.92. The Kier molecular flexibility index (Phi) is 6.04. The second-order valence-corrected chi connectivity index (χ2v) is 6.51. The molecule has 24 heavy (non-hydrogen) atoms. The second kappa shape index (κ2) is 7.83. The van der Waals surface area contributed by atoms with Gasteiger partial charge in [0.15, 0.2) is 16.6 Å². The maximum absolute atomic E-state index is 12.0. The lowest BCUT2D eigenvalue weighted by molar-refractivity contribution is -0.118. The second-order valence-electron chi connectivity index (χ2n) is 5.66. The van der Waals surface area contributed by atoms with Gasteiger partial charge < -0.3 is 20.5 Å². The lowest BCUT2D eigenvalue weighted by Gasteiger charge is -2.18. The van der Waals surface area contributed by atoms with Crippen molar-refractivity contribution in [3.05, 3.63) is 23.6 Å².